The molecule has 0 saturated heterocycles. The quantitative estimate of drug-likeness (QED) is 0.504. The van der Waals surface area contributed by atoms with E-state index in [1.807, 2.05) is 0 Å². The van der Waals surface area contributed by atoms with E-state index in [1.165, 1.54) is 6.92 Å². The number of esters is 1. The van der Waals surface area contributed by atoms with Crippen LogP contribution in [0, 0.1) is 6.92 Å². The van der Waals surface area contributed by atoms with Crippen LogP contribution < -0.4 is 16.3 Å². The van der Waals surface area contributed by atoms with E-state index >= 15 is 0 Å². The summed E-state index contributed by atoms with van der Waals surface area (Å²) in [6, 6.07) is 4.93. The lowest BCUT2D eigenvalue weighted by molar-refractivity contribution is -0.123. The number of H-pyrrole nitrogens is 2. The van der Waals surface area contributed by atoms with Crippen molar-refractivity contribution in [2.45, 2.75) is 20.0 Å². The lowest BCUT2D eigenvalue weighted by atomic mass is 10.2. The zero-order chi connectivity index (χ0) is 18.8. The molecule has 10 heteroatoms. The normalized spacial score (nSPS) is 12.0. The Kier molecular flexibility index (Phi) is 4.76. The van der Waals surface area contributed by atoms with Crippen LogP contribution in [-0.2, 0) is 9.53 Å². The number of aromatic amines is 2. The van der Waals surface area contributed by atoms with Gasteiger partial charge in [-0.3, -0.25) is 4.79 Å². The molecule has 0 aliphatic rings. The molecule has 2 heterocycles. The molecule has 3 rings (SSSR count). The molecule has 0 aliphatic heterocycles. The van der Waals surface area contributed by atoms with Gasteiger partial charge in [0.25, 0.3) is 5.91 Å². The Hall–Kier alpha value is -3.14. The van der Waals surface area contributed by atoms with Gasteiger partial charge < -0.3 is 25.3 Å². The standard InChI is InChI=1S/C16H17N5O4S/c1-7-12(14(17-3)26-21-7)15(23)25-8(2)13(22)18-9-4-5-10-11(6-9)20-16(24)19-10/h4-6,8,17H,1-3H3,(H,18,22)(H2,19,20,24)/t8-/m1/s1. The van der Waals surface area contributed by atoms with E-state index in [9.17, 15) is 14.4 Å². The van der Waals surface area contributed by atoms with Gasteiger partial charge in [0.15, 0.2) is 6.10 Å². The third kappa shape index (κ3) is 3.45. The van der Waals surface area contributed by atoms with Gasteiger partial charge in [-0.15, -0.1) is 0 Å². The van der Waals surface area contributed by atoms with Crippen molar-refractivity contribution in [3.05, 3.63) is 39.9 Å². The fourth-order valence-electron chi connectivity index (χ4n) is 2.41. The molecule has 3 aromatic rings. The lowest BCUT2D eigenvalue weighted by Crippen LogP contribution is -2.30. The molecule has 2 aromatic heterocycles. The molecule has 0 spiro atoms. The molecule has 0 unspecified atom stereocenters. The monoisotopic (exact) mass is 375 g/mol. The summed E-state index contributed by atoms with van der Waals surface area (Å²) in [4.78, 5) is 41.1. The van der Waals surface area contributed by atoms with Crippen LogP contribution >= 0.6 is 11.5 Å². The number of benzene rings is 1. The number of hydrogen-bond donors (Lipinski definition) is 4. The number of aromatic nitrogens is 3. The Morgan fingerprint density at radius 2 is 2.00 bits per heavy atom. The first-order chi connectivity index (χ1) is 12.4. The summed E-state index contributed by atoms with van der Waals surface area (Å²) < 4.78 is 9.36. The Labute approximate surface area is 151 Å². The Balaban J connectivity index is 1.69. The van der Waals surface area contributed by atoms with Gasteiger partial charge in [0.2, 0.25) is 0 Å². The summed E-state index contributed by atoms with van der Waals surface area (Å²) >= 11 is 1.15. The van der Waals surface area contributed by atoms with Gasteiger partial charge in [0.05, 0.1) is 16.7 Å². The van der Waals surface area contributed by atoms with E-state index in [1.54, 1.807) is 32.2 Å². The van der Waals surface area contributed by atoms with Crippen LogP contribution in [0.1, 0.15) is 23.0 Å². The maximum Gasteiger partial charge on any atom is 0.343 e. The van der Waals surface area contributed by atoms with Crippen molar-refractivity contribution < 1.29 is 14.3 Å². The van der Waals surface area contributed by atoms with Crippen molar-refractivity contribution in [1.29, 1.82) is 0 Å². The summed E-state index contributed by atoms with van der Waals surface area (Å²) in [7, 11) is 1.68. The molecule has 1 atom stereocenters. The molecule has 136 valence electrons. The minimum absolute atomic E-state index is 0.323. The van der Waals surface area contributed by atoms with Crippen LogP contribution in [0.4, 0.5) is 10.7 Å². The molecule has 0 fully saturated rings. The first-order valence-electron chi connectivity index (χ1n) is 7.77. The average molecular weight is 375 g/mol. The number of hydrogen-bond acceptors (Lipinski definition) is 7. The van der Waals surface area contributed by atoms with Gasteiger partial charge in [-0.05, 0) is 43.6 Å². The highest BCUT2D eigenvalue weighted by atomic mass is 32.1. The molecule has 0 aliphatic carbocycles. The van der Waals surface area contributed by atoms with Gasteiger partial charge in [-0.1, -0.05) is 0 Å². The molecule has 1 amide bonds. The molecule has 1 aromatic carbocycles. The van der Waals surface area contributed by atoms with E-state index in [-0.39, 0.29) is 5.69 Å². The van der Waals surface area contributed by atoms with Crippen molar-refractivity contribution in [3.8, 4) is 0 Å². The summed E-state index contributed by atoms with van der Waals surface area (Å²) in [5, 5.41) is 6.12. The third-order valence-electron chi connectivity index (χ3n) is 3.73. The molecular formula is C16H17N5O4S. The smallest absolute Gasteiger partial charge is 0.343 e. The summed E-state index contributed by atoms with van der Waals surface area (Å²) in [6.45, 7) is 3.18. The number of fused-ring (bicyclic) bond motifs is 1. The SMILES string of the molecule is CNc1snc(C)c1C(=O)O[C@H](C)C(=O)Nc1ccc2[nH]c(=O)[nH]c2c1. The minimum atomic E-state index is -1.01. The summed E-state index contributed by atoms with van der Waals surface area (Å²) in [5.74, 6) is -1.10. The highest BCUT2D eigenvalue weighted by Crippen LogP contribution is 2.25. The number of nitrogens with one attached hydrogen (secondary N) is 4. The van der Waals surface area contributed by atoms with Crippen LogP contribution in [0.2, 0.25) is 0 Å². The van der Waals surface area contributed by atoms with E-state index < -0.39 is 18.0 Å². The van der Waals surface area contributed by atoms with E-state index in [0.29, 0.717) is 33.0 Å². The first-order valence-corrected chi connectivity index (χ1v) is 8.54. The summed E-state index contributed by atoms with van der Waals surface area (Å²) in [5.41, 5.74) is 2.21. The second-order valence-corrected chi connectivity index (χ2v) is 6.37. The second-order valence-electron chi connectivity index (χ2n) is 5.60. The average Bonchev–Trinajstić information content (AvgIpc) is 3.15. The maximum atomic E-state index is 12.3. The zero-order valence-corrected chi connectivity index (χ0v) is 15.1. The molecule has 0 bridgehead atoms. The molecule has 0 radical (unpaired) electrons. The molecule has 9 nitrogen and oxygen atoms in total. The number of aryl methyl sites for hydroxylation is 1. The predicted molar refractivity (Wildman–Crippen MR) is 98.8 cm³/mol. The largest absolute Gasteiger partial charge is 0.449 e. The molecule has 4 N–H and O–H groups in total. The zero-order valence-electron chi connectivity index (χ0n) is 14.3. The van der Waals surface area contributed by atoms with Crippen LogP contribution in [-0.4, -0.2) is 39.4 Å². The number of anilines is 2. The molecule has 26 heavy (non-hydrogen) atoms. The van der Waals surface area contributed by atoms with Crippen molar-refractivity contribution in [2.24, 2.45) is 0 Å². The van der Waals surface area contributed by atoms with Crippen molar-refractivity contribution in [3.63, 3.8) is 0 Å². The minimum Gasteiger partial charge on any atom is -0.449 e. The van der Waals surface area contributed by atoms with Crippen molar-refractivity contribution in [1.82, 2.24) is 14.3 Å². The van der Waals surface area contributed by atoms with Gasteiger partial charge in [-0.2, -0.15) is 4.37 Å². The van der Waals surface area contributed by atoms with Gasteiger partial charge >= 0.3 is 11.7 Å². The van der Waals surface area contributed by atoms with Gasteiger partial charge in [-0.25, -0.2) is 9.59 Å². The van der Waals surface area contributed by atoms with E-state index in [0.717, 1.165) is 11.5 Å². The van der Waals surface area contributed by atoms with Crippen LogP contribution in [0.25, 0.3) is 11.0 Å². The number of rotatable bonds is 5. The number of imidazole rings is 1. The predicted octanol–water partition coefficient (Wildman–Crippen LogP) is 1.85. The Morgan fingerprint density at radius 3 is 2.73 bits per heavy atom. The van der Waals surface area contributed by atoms with Crippen LogP contribution in [0.3, 0.4) is 0 Å². The number of ether oxygens (including phenoxy) is 1. The van der Waals surface area contributed by atoms with E-state index in [4.69, 9.17) is 4.74 Å². The number of nitrogens with zero attached hydrogens (tertiary/aromatic N) is 1. The maximum absolute atomic E-state index is 12.3. The topological polar surface area (TPSA) is 129 Å². The number of amides is 1. The third-order valence-corrected chi connectivity index (χ3v) is 4.69. The van der Waals surface area contributed by atoms with Crippen molar-refractivity contribution >= 4 is 45.1 Å². The van der Waals surface area contributed by atoms with Gasteiger partial charge in [0.1, 0.15) is 10.6 Å². The highest BCUT2D eigenvalue weighted by molar-refractivity contribution is 7.10. The molecular weight excluding hydrogens is 358 g/mol. The molecule has 0 saturated carbocycles. The fraction of sp³-hybridized carbons (Fsp3) is 0.250. The van der Waals surface area contributed by atoms with E-state index in [2.05, 4.69) is 25.0 Å². The summed E-state index contributed by atoms with van der Waals surface area (Å²) in [6.07, 6.45) is -1.01. The number of carbonyl (C=O) groups excluding carboxylic acids is 2. The Bertz CT molecular complexity index is 1030. The van der Waals surface area contributed by atoms with Crippen LogP contribution in [0.5, 0.6) is 0 Å². The fourth-order valence-corrected chi connectivity index (χ4v) is 3.14. The van der Waals surface area contributed by atoms with Crippen LogP contribution in [0.15, 0.2) is 23.0 Å². The highest BCUT2D eigenvalue weighted by Gasteiger charge is 2.24. The van der Waals surface area contributed by atoms with Crippen molar-refractivity contribution in [2.75, 3.05) is 17.7 Å². The lowest BCUT2D eigenvalue weighted by Gasteiger charge is -2.14. The second kappa shape index (κ2) is 7.00. The van der Waals surface area contributed by atoms with Gasteiger partial charge in [0, 0.05) is 12.7 Å². The first kappa shape index (κ1) is 17.7. The number of carbonyl (C=O) groups is 2. The Morgan fingerprint density at radius 1 is 1.27 bits per heavy atom.